The molecule has 2 aromatic rings. The van der Waals surface area contributed by atoms with Crippen LogP contribution in [0.1, 0.15) is 41.7 Å². The summed E-state index contributed by atoms with van der Waals surface area (Å²) >= 11 is 2.42. The van der Waals surface area contributed by atoms with Crippen molar-refractivity contribution in [2.24, 2.45) is 0 Å². The molecule has 0 aliphatic carbocycles. The van der Waals surface area contributed by atoms with Gasteiger partial charge in [-0.1, -0.05) is 32.0 Å². The first-order chi connectivity index (χ1) is 14.0. The fraction of sp³-hybridized carbons (Fsp3) is 0.458. The van der Waals surface area contributed by atoms with Crippen LogP contribution in [0, 0.1) is 34.4 Å². The fourth-order valence-electron chi connectivity index (χ4n) is 3.94. The molecule has 0 unspecified atom stereocenters. The van der Waals surface area contributed by atoms with E-state index in [2.05, 4.69) is 122 Å². The molecule has 0 fully saturated rings. The summed E-state index contributed by atoms with van der Waals surface area (Å²) in [6, 6.07) is 11.0. The van der Waals surface area contributed by atoms with Crippen molar-refractivity contribution < 1.29 is 20.0 Å². The van der Waals surface area contributed by atoms with Crippen LogP contribution in [0.25, 0.3) is 0 Å². The van der Waals surface area contributed by atoms with Crippen molar-refractivity contribution in [1.29, 1.82) is 0 Å². The number of hydrogen-bond acceptors (Lipinski definition) is 3. The molecule has 0 amide bonds. The molecule has 3 rings (SSSR count). The van der Waals surface area contributed by atoms with E-state index < -0.39 is 0 Å². The predicted molar refractivity (Wildman–Crippen MR) is 122 cm³/mol. The zero-order chi connectivity index (χ0) is 21.6. The van der Waals surface area contributed by atoms with Gasteiger partial charge in [-0.15, -0.1) is 0 Å². The first-order valence-corrected chi connectivity index (χ1v) is 12.2. The standard InChI is InChI=1S/C24H33N3.Ag.ClH/c1-7-25(8-2)13-14-26-17-27(24-12-10-9-11-23(24)26)16-22-20(5)18(3)15-19(4)21(22)6;;/h9-12,15H,7-8,13-14,16H2,1-6H3;;1H/q;+1;/p-1. The first-order valence-electron chi connectivity index (χ1n) is 10.3. The third kappa shape index (κ3) is 5.59. The normalized spacial score (nSPS) is 12.9. The number of para-hydroxylation sites is 2. The van der Waals surface area contributed by atoms with Gasteiger partial charge in [0.2, 0.25) is 6.67 Å². The Morgan fingerprint density at radius 1 is 0.897 bits per heavy atom. The van der Waals surface area contributed by atoms with Crippen LogP contribution in [0.5, 0.6) is 0 Å². The average molecular weight is 507 g/mol. The molecule has 0 saturated carbocycles. The second kappa shape index (κ2) is 11.4. The molecule has 29 heavy (non-hydrogen) atoms. The van der Waals surface area contributed by atoms with Crippen LogP contribution in [0.3, 0.4) is 0 Å². The zero-order valence-corrected chi connectivity index (χ0v) is 20.7. The minimum atomic E-state index is 0.874. The van der Waals surface area contributed by atoms with Gasteiger partial charge in [-0.25, -0.2) is 0 Å². The second-order valence-corrected chi connectivity index (χ2v) is 7.59. The average Bonchev–Trinajstić information content (AvgIpc) is 3.09. The van der Waals surface area contributed by atoms with Gasteiger partial charge in [0.25, 0.3) is 0 Å². The summed E-state index contributed by atoms with van der Waals surface area (Å²) in [6.45, 7) is 22.1. The number of hydrogen-bond donors (Lipinski definition) is 0. The van der Waals surface area contributed by atoms with Crippen LogP contribution in [-0.4, -0.2) is 31.1 Å². The molecule has 0 spiro atoms. The van der Waals surface area contributed by atoms with Crippen LogP contribution in [0.4, 0.5) is 11.4 Å². The van der Waals surface area contributed by atoms with Crippen molar-refractivity contribution in [3.05, 3.63) is 64.8 Å². The summed E-state index contributed by atoms with van der Waals surface area (Å²) < 4.78 is 0. The number of likely N-dealkylation sites (N-methyl/N-ethyl adjacent to an activating group) is 1. The fourth-order valence-corrected chi connectivity index (χ4v) is 3.94. The zero-order valence-electron chi connectivity index (χ0n) is 18.4. The Morgan fingerprint density at radius 3 is 1.93 bits per heavy atom. The van der Waals surface area contributed by atoms with E-state index >= 15 is 0 Å². The van der Waals surface area contributed by atoms with E-state index in [9.17, 15) is 0 Å². The van der Waals surface area contributed by atoms with E-state index in [1.54, 1.807) is 0 Å². The topological polar surface area (TPSA) is 9.72 Å². The summed E-state index contributed by atoms with van der Waals surface area (Å²) in [5.74, 6) is 0. The monoisotopic (exact) mass is 505 g/mol. The quantitative estimate of drug-likeness (QED) is 0.441. The number of benzene rings is 2. The summed E-state index contributed by atoms with van der Waals surface area (Å²) in [7, 11) is 4.45. The first kappa shape index (κ1) is 24.3. The summed E-state index contributed by atoms with van der Waals surface area (Å²) in [5.41, 5.74) is 9.51. The number of rotatable bonds is 7. The van der Waals surface area contributed by atoms with E-state index in [1.165, 1.54) is 39.2 Å². The molecule has 0 atom stereocenters. The second-order valence-electron chi connectivity index (χ2n) is 7.59. The van der Waals surface area contributed by atoms with Crippen molar-refractivity contribution in [3.63, 3.8) is 0 Å². The van der Waals surface area contributed by atoms with Crippen molar-refractivity contribution in [2.75, 3.05) is 36.0 Å². The molecule has 1 aliphatic rings. The number of halogens is 1. The van der Waals surface area contributed by atoms with Gasteiger partial charge in [-0.3, -0.25) is 0 Å². The molecular formula is C24H33AgClN3. The molecule has 5 heteroatoms. The molecule has 162 valence electrons. The molecule has 3 nitrogen and oxygen atoms in total. The van der Waals surface area contributed by atoms with E-state index in [0.717, 1.165) is 32.7 Å². The van der Waals surface area contributed by atoms with Crippen LogP contribution in [0.2, 0.25) is 0 Å². The molecule has 0 saturated heterocycles. The van der Waals surface area contributed by atoms with Gasteiger partial charge in [0.15, 0.2) is 0 Å². The Balaban J connectivity index is 0.00000145. The van der Waals surface area contributed by atoms with Crippen LogP contribution in [0.15, 0.2) is 30.3 Å². The summed E-state index contributed by atoms with van der Waals surface area (Å²) in [5, 5.41) is 0. The van der Waals surface area contributed by atoms with Gasteiger partial charge >= 0.3 is 29.2 Å². The SMILES string of the molecule is CCN(CC)CCN1[C]N(Cc2c(C)c(C)cc(C)c2C)c2ccccc21.[Cl][Ag]. The molecule has 2 aromatic carbocycles. The van der Waals surface area contributed by atoms with E-state index in [1.807, 2.05) is 0 Å². The predicted octanol–water partition coefficient (Wildman–Crippen LogP) is 5.77. The molecule has 2 radical (unpaired) electrons. The number of aryl methyl sites for hydroxylation is 2. The summed E-state index contributed by atoms with van der Waals surface area (Å²) in [4.78, 5) is 7.05. The molecular weight excluding hydrogens is 474 g/mol. The maximum atomic E-state index is 4.45. The third-order valence-electron chi connectivity index (χ3n) is 6.08. The Labute approximate surface area is 193 Å². The van der Waals surface area contributed by atoms with Gasteiger partial charge in [0.05, 0.1) is 11.4 Å². The third-order valence-corrected chi connectivity index (χ3v) is 6.08. The Morgan fingerprint density at radius 2 is 1.41 bits per heavy atom. The minimum absolute atomic E-state index is 0.874. The Hall–Kier alpha value is -0.970. The number of anilines is 2. The number of fused-ring (bicyclic) bond motifs is 1. The summed E-state index contributed by atoms with van der Waals surface area (Å²) in [6.07, 6.45) is 0. The van der Waals surface area contributed by atoms with E-state index in [-0.39, 0.29) is 0 Å². The van der Waals surface area contributed by atoms with Crippen molar-refractivity contribution in [1.82, 2.24) is 4.90 Å². The van der Waals surface area contributed by atoms with Gasteiger partial charge in [0, 0.05) is 19.6 Å². The Bertz CT molecular complexity index is 779. The van der Waals surface area contributed by atoms with Crippen LogP contribution < -0.4 is 9.80 Å². The van der Waals surface area contributed by atoms with Crippen molar-refractivity contribution in [2.45, 2.75) is 48.1 Å². The van der Waals surface area contributed by atoms with Crippen LogP contribution >= 0.6 is 9.19 Å². The molecule has 0 aromatic heterocycles. The van der Waals surface area contributed by atoms with Crippen LogP contribution in [-0.2, 0) is 26.5 Å². The van der Waals surface area contributed by atoms with Crippen molar-refractivity contribution in [3.8, 4) is 0 Å². The molecule has 0 N–H and O–H groups in total. The van der Waals surface area contributed by atoms with Gasteiger partial charge in [0.1, 0.15) is 0 Å². The molecule has 1 aliphatic heterocycles. The van der Waals surface area contributed by atoms with Gasteiger partial charge in [-0.2, -0.15) is 0 Å². The van der Waals surface area contributed by atoms with Gasteiger partial charge < -0.3 is 14.7 Å². The maximum absolute atomic E-state index is 4.45. The van der Waals surface area contributed by atoms with E-state index in [4.69, 9.17) is 0 Å². The van der Waals surface area contributed by atoms with Gasteiger partial charge in [-0.05, 0) is 80.7 Å². The number of nitrogens with zero attached hydrogens (tertiary/aromatic N) is 3. The Kier molecular flexibility index (Phi) is 9.58. The molecule has 0 bridgehead atoms. The van der Waals surface area contributed by atoms with Crippen molar-refractivity contribution >= 4 is 20.6 Å². The van der Waals surface area contributed by atoms with E-state index in [0.29, 0.717) is 0 Å². The molecule has 1 heterocycles.